The van der Waals surface area contributed by atoms with Crippen LogP contribution in [-0.4, -0.2) is 13.0 Å². The van der Waals surface area contributed by atoms with Gasteiger partial charge in [0.2, 0.25) is 5.91 Å². The maximum Gasteiger partial charge on any atom is 0.240 e. The van der Waals surface area contributed by atoms with Crippen LogP contribution in [-0.2, 0) is 11.2 Å². The van der Waals surface area contributed by atoms with Crippen molar-refractivity contribution >= 4 is 11.6 Å². The summed E-state index contributed by atoms with van der Waals surface area (Å²) in [5, 5.41) is 8.48. The Labute approximate surface area is 103 Å². The first kappa shape index (κ1) is 13.2. The van der Waals surface area contributed by atoms with Crippen molar-refractivity contribution in [1.29, 1.82) is 5.26 Å². The van der Waals surface area contributed by atoms with Crippen LogP contribution in [0.15, 0.2) is 24.3 Å². The Balaban J connectivity index is 2.74. The minimum absolute atomic E-state index is 0.0791. The van der Waals surface area contributed by atoms with E-state index in [2.05, 4.69) is 13.8 Å². The van der Waals surface area contributed by atoms with Crippen molar-refractivity contribution in [2.45, 2.75) is 26.7 Å². The molecule has 0 spiro atoms. The smallest absolute Gasteiger partial charge is 0.240 e. The molecular formula is C14H18N2O. The summed E-state index contributed by atoms with van der Waals surface area (Å²) in [5.41, 5.74) is 2.10. The Morgan fingerprint density at radius 3 is 2.41 bits per heavy atom. The Morgan fingerprint density at radius 2 is 1.94 bits per heavy atom. The minimum atomic E-state index is -0.177. The number of carbonyl (C=O) groups excluding carboxylic acids is 1. The highest BCUT2D eigenvalue weighted by atomic mass is 16.2. The Morgan fingerprint density at radius 1 is 1.35 bits per heavy atom. The SMILES string of the molecule is CC(C)Cc1ccc(N(C)C(=O)CC#N)cc1. The Kier molecular flexibility index (Phi) is 4.71. The summed E-state index contributed by atoms with van der Waals surface area (Å²) in [7, 11) is 1.69. The van der Waals surface area contributed by atoms with E-state index in [9.17, 15) is 4.79 Å². The van der Waals surface area contributed by atoms with Gasteiger partial charge in [0.1, 0.15) is 6.42 Å². The highest BCUT2D eigenvalue weighted by Gasteiger charge is 2.09. The van der Waals surface area contributed by atoms with Gasteiger partial charge in [-0.1, -0.05) is 26.0 Å². The van der Waals surface area contributed by atoms with E-state index in [1.54, 1.807) is 7.05 Å². The van der Waals surface area contributed by atoms with Gasteiger partial charge in [-0.05, 0) is 30.0 Å². The van der Waals surface area contributed by atoms with E-state index in [1.807, 2.05) is 30.3 Å². The van der Waals surface area contributed by atoms with Gasteiger partial charge in [-0.3, -0.25) is 4.79 Å². The van der Waals surface area contributed by atoms with Crippen molar-refractivity contribution in [3.63, 3.8) is 0 Å². The van der Waals surface area contributed by atoms with Crippen molar-refractivity contribution in [1.82, 2.24) is 0 Å². The molecule has 0 radical (unpaired) electrons. The van der Waals surface area contributed by atoms with E-state index in [4.69, 9.17) is 5.26 Å². The summed E-state index contributed by atoms with van der Waals surface area (Å²) in [6, 6.07) is 9.78. The van der Waals surface area contributed by atoms with Crippen LogP contribution in [0.25, 0.3) is 0 Å². The summed E-state index contributed by atoms with van der Waals surface area (Å²) in [6.45, 7) is 4.35. The number of nitriles is 1. The van der Waals surface area contributed by atoms with Crippen LogP contribution in [0, 0.1) is 17.2 Å². The summed E-state index contributed by atoms with van der Waals surface area (Å²) in [5.74, 6) is 0.447. The largest absolute Gasteiger partial charge is 0.315 e. The van der Waals surface area contributed by atoms with Gasteiger partial charge >= 0.3 is 0 Å². The molecule has 0 aromatic heterocycles. The fourth-order valence-corrected chi connectivity index (χ4v) is 1.66. The van der Waals surface area contributed by atoms with Crippen LogP contribution in [0.1, 0.15) is 25.8 Å². The predicted octanol–water partition coefficient (Wildman–Crippen LogP) is 2.76. The van der Waals surface area contributed by atoms with E-state index in [0.717, 1.165) is 12.1 Å². The lowest BCUT2D eigenvalue weighted by molar-refractivity contribution is -0.117. The van der Waals surface area contributed by atoms with E-state index in [0.29, 0.717) is 5.92 Å². The lowest BCUT2D eigenvalue weighted by atomic mass is 10.0. The highest BCUT2D eigenvalue weighted by Crippen LogP contribution is 2.16. The first-order valence-corrected chi connectivity index (χ1v) is 5.77. The molecule has 17 heavy (non-hydrogen) atoms. The molecule has 1 amide bonds. The third kappa shape index (κ3) is 3.92. The van der Waals surface area contributed by atoms with Gasteiger partial charge in [-0.15, -0.1) is 0 Å². The molecule has 1 rings (SSSR count). The van der Waals surface area contributed by atoms with Gasteiger partial charge in [-0.2, -0.15) is 5.26 Å². The summed E-state index contributed by atoms with van der Waals surface area (Å²) < 4.78 is 0. The molecule has 0 aliphatic heterocycles. The van der Waals surface area contributed by atoms with Gasteiger partial charge in [0.15, 0.2) is 0 Å². The van der Waals surface area contributed by atoms with E-state index in [1.165, 1.54) is 10.5 Å². The average molecular weight is 230 g/mol. The van der Waals surface area contributed by atoms with Crippen molar-refractivity contribution in [2.75, 3.05) is 11.9 Å². The molecule has 1 aromatic rings. The predicted molar refractivity (Wildman–Crippen MR) is 68.6 cm³/mol. The third-order valence-electron chi connectivity index (χ3n) is 2.57. The van der Waals surface area contributed by atoms with Crippen LogP contribution in [0.4, 0.5) is 5.69 Å². The fraction of sp³-hybridized carbons (Fsp3) is 0.429. The minimum Gasteiger partial charge on any atom is -0.315 e. The normalized spacial score (nSPS) is 10.1. The summed E-state index contributed by atoms with van der Waals surface area (Å²) >= 11 is 0. The van der Waals surface area contributed by atoms with Crippen molar-refractivity contribution in [3.8, 4) is 6.07 Å². The zero-order valence-corrected chi connectivity index (χ0v) is 10.6. The molecule has 0 bridgehead atoms. The number of anilines is 1. The molecule has 0 saturated heterocycles. The first-order chi connectivity index (χ1) is 8.04. The number of nitrogens with zero attached hydrogens (tertiary/aromatic N) is 2. The van der Waals surface area contributed by atoms with Crippen LogP contribution < -0.4 is 4.90 Å². The molecule has 3 heteroatoms. The third-order valence-corrected chi connectivity index (χ3v) is 2.57. The van der Waals surface area contributed by atoms with Crippen molar-refractivity contribution < 1.29 is 4.79 Å². The van der Waals surface area contributed by atoms with Gasteiger partial charge < -0.3 is 4.90 Å². The molecule has 0 aliphatic rings. The number of benzene rings is 1. The maximum atomic E-state index is 11.5. The van der Waals surface area contributed by atoms with E-state index >= 15 is 0 Å². The summed E-state index contributed by atoms with van der Waals surface area (Å²) in [6.07, 6.45) is 0.959. The molecule has 0 aliphatic carbocycles. The monoisotopic (exact) mass is 230 g/mol. The molecule has 0 fully saturated rings. The average Bonchev–Trinajstić information content (AvgIpc) is 2.28. The molecule has 0 N–H and O–H groups in total. The van der Waals surface area contributed by atoms with Gasteiger partial charge in [0.25, 0.3) is 0 Å². The number of carbonyl (C=O) groups is 1. The quantitative estimate of drug-likeness (QED) is 0.798. The summed E-state index contributed by atoms with van der Waals surface area (Å²) in [4.78, 5) is 13.0. The maximum absolute atomic E-state index is 11.5. The molecule has 1 aromatic carbocycles. The second kappa shape index (κ2) is 6.05. The standard InChI is InChI=1S/C14H18N2O/c1-11(2)10-12-4-6-13(7-5-12)16(3)14(17)8-9-15/h4-7,11H,8,10H2,1-3H3. The zero-order valence-electron chi connectivity index (χ0n) is 10.6. The molecule has 0 saturated carbocycles. The van der Waals surface area contributed by atoms with Gasteiger partial charge in [0.05, 0.1) is 6.07 Å². The van der Waals surface area contributed by atoms with Crippen LogP contribution in [0.3, 0.4) is 0 Å². The second-order valence-electron chi connectivity index (χ2n) is 4.55. The molecule has 0 unspecified atom stereocenters. The molecular weight excluding hydrogens is 212 g/mol. The molecule has 3 nitrogen and oxygen atoms in total. The zero-order chi connectivity index (χ0) is 12.8. The lowest BCUT2D eigenvalue weighted by Crippen LogP contribution is -2.25. The van der Waals surface area contributed by atoms with Crippen molar-refractivity contribution in [3.05, 3.63) is 29.8 Å². The Hall–Kier alpha value is -1.82. The van der Waals surface area contributed by atoms with Gasteiger partial charge in [-0.25, -0.2) is 0 Å². The van der Waals surface area contributed by atoms with Crippen LogP contribution in [0.5, 0.6) is 0 Å². The first-order valence-electron chi connectivity index (χ1n) is 5.77. The van der Waals surface area contributed by atoms with Crippen LogP contribution >= 0.6 is 0 Å². The number of amides is 1. The van der Waals surface area contributed by atoms with Gasteiger partial charge in [0, 0.05) is 12.7 Å². The highest BCUT2D eigenvalue weighted by molar-refractivity contribution is 5.93. The number of rotatable bonds is 4. The van der Waals surface area contributed by atoms with E-state index < -0.39 is 0 Å². The van der Waals surface area contributed by atoms with Crippen LogP contribution in [0.2, 0.25) is 0 Å². The number of hydrogen-bond donors (Lipinski definition) is 0. The number of hydrogen-bond acceptors (Lipinski definition) is 2. The fourth-order valence-electron chi connectivity index (χ4n) is 1.66. The lowest BCUT2D eigenvalue weighted by Gasteiger charge is -2.16. The van der Waals surface area contributed by atoms with Crippen molar-refractivity contribution in [2.24, 2.45) is 5.92 Å². The molecule has 90 valence electrons. The molecule has 0 atom stereocenters. The molecule has 0 heterocycles. The topological polar surface area (TPSA) is 44.1 Å². The van der Waals surface area contributed by atoms with E-state index in [-0.39, 0.29) is 12.3 Å². The second-order valence-corrected chi connectivity index (χ2v) is 4.55. The Bertz CT molecular complexity index is 415.